The van der Waals surface area contributed by atoms with Gasteiger partial charge < -0.3 is 14.7 Å². The van der Waals surface area contributed by atoms with Crippen molar-refractivity contribution in [3.8, 4) is 11.3 Å². The maximum absolute atomic E-state index is 14.4. The van der Waals surface area contributed by atoms with Gasteiger partial charge in [-0.05, 0) is 57.4 Å². The molecule has 0 radical (unpaired) electrons. The molecule has 2 aliphatic heterocycles. The number of hydrogen-bond acceptors (Lipinski definition) is 6. The van der Waals surface area contributed by atoms with Crippen molar-refractivity contribution in [2.45, 2.75) is 45.7 Å². The predicted octanol–water partition coefficient (Wildman–Crippen LogP) is 5.34. The molecule has 34 heavy (non-hydrogen) atoms. The van der Waals surface area contributed by atoms with Crippen LogP contribution in [0, 0.1) is 12.7 Å². The van der Waals surface area contributed by atoms with Crippen molar-refractivity contribution in [2.24, 2.45) is 0 Å². The fourth-order valence-electron chi connectivity index (χ4n) is 4.93. The van der Waals surface area contributed by atoms with Crippen LogP contribution in [0.25, 0.3) is 11.3 Å². The molecule has 0 saturated carbocycles. The first-order chi connectivity index (χ1) is 16.4. The molecule has 0 aliphatic carbocycles. The maximum atomic E-state index is 14.4. The molecule has 0 spiro atoms. The van der Waals surface area contributed by atoms with Crippen LogP contribution in [0.15, 0.2) is 42.6 Å². The molecule has 0 bridgehead atoms. The number of nitrogens with zero attached hydrogens (tertiary/aromatic N) is 6. The van der Waals surface area contributed by atoms with Crippen LogP contribution in [-0.4, -0.2) is 53.2 Å². The molecule has 5 rings (SSSR count). The number of aryl methyl sites for hydroxylation is 1. The lowest BCUT2D eigenvalue weighted by Gasteiger charge is -2.41. The SMILES string of the molecule is Cc1ccc(-c2cc(N3CCN(c4ncccc4Cl)CC3C)nc(N3CCCC3C)n2)cc1F. The van der Waals surface area contributed by atoms with E-state index < -0.39 is 0 Å². The highest BCUT2D eigenvalue weighted by molar-refractivity contribution is 6.32. The van der Waals surface area contributed by atoms with Gasteiger partial charge in [0, 0.05) is 56.1 Å². The monoisotopic (exact) mass is 480 g/mol. The van der Waals surface area contributed by atoms with Gasteiger partial charge in [0.1, 0.15) is 17.5 Å². The van der Waals surface area contributed by atoms with Crippen LogP contribution in [0.4, 0.5) is 22.0 Å². The van der Waals surface area contributed by atoms with Crippen molar-refractivity contribution in [1.82, 2.24) is 15.0 Å². The average molecular weight is 481 g/mol. The Kier molecular flexibility index (Phi) is 6.30. The third kappa shape index (κ3) is 4.41. The van der Waals surface area contributed by atoms with E-state index in [0.717, 1.165) is 67.9 Å². The van der Waals surface area contributed by atoms with E-state index in [1.54, 1.807) is 19.2 Å². The summed E-state index contributed by atoms with van der Waals surface area (Å²) in [5, 5.41) is 0.666. The van der Waals surface area contributed by atoms with Crippen LogP contribution in [0.3, 0.4) is 0 Å². The van der Waals surface area contributed by atoms with Crippen molar-refractivity contribution in [2.75, 3.05) is 40.9 Å². The number of halogens is 2. The number of pyridine rings is 1. The van der Waals surface area contributed by atoms with E-state index in [1.165, 1.54) is 0 Å². The molecular formula is C26H30ClFN6. The van der Waals surface area contributed by atoms with Gasteiger partial charge in [0.15, 0.2) is 0 Å². The molecule has 2 unspecified atom stereocenters. The van der Waals surface area contributed by atoms with E-state index in [9.17, 15) is 4.39 Å². The molecular weight excluding hydrogens is 451 g/mol. The summed E-state index contributed by atoms with van der Waals surface area (Å²) in [6.45, 7) is 9.47. The third-order valence-corrected chi connectivity index (χ3v) is 7.23. The predicted molar refractivity (Wildman–Crippen MR) is 136 cm³/mol. The number of rotatable bonds is 4. The topological polar surface area (TPSA) is 48.4 Å². The van der Waals surface area contributed by atoms with E-state index in [-0.39, 0.29) is 11.9 Å². The van der Waals surface area contributed by atoms with E-state index in [1.807, 2.05) is 30.3 Å². The van der Waals surface area contributed by atoms with Gasteiger partial charge in [0.05, 0.1) is 10.7 Å². The highest BCUT2D eigenvalue weighted by Crippen LogP contribution is 2.32. The van der Waals surface area contributed by atoms with Gasteiger partial charge >= 0.3 is 0 Å². The van der Waals surface area contributed by atoms with Crippen molar-refractivity contribution in [3.05, 3.63) is 59.0 Å². The van der Waals surface area contributed by atoms with Crippen LogP contribution in [0.2, 0.25) is 5.02 Å². The van der Waals surface area contributed by atoms with Gasteiger partial charge in [-0.2, -0.15) is 4.98 Å². The van der Waals surface area contributed by atoms with Gasteiger partial charge in [-0.1, -0.05) is 23.7 Å². The van der Waals surface area contributed by atoms with E-state index >= 15 is 0 Å². The molecule has 4 heterocycles. The smallest absolute Gasteiger partial charge is 0.228 e. The first-order valence-electron chi connectivity index (χ1n) is 11.9. The fraction of sp³-hybridized carbons (Fsp3) is 0.423. The normalized spacial score (nSPS) is 20.8. The molecule has 2 fully saturated rings. The quantitative estimate of drug-likeness (QED) is 0.502. The average Bonchev–Trinajstić information content (AvgIpc) is 3.26. The summed E-state index contributed by atoms with van der Waals surface area (Å²) in [6.07, 6.45) is 4.03. The van der Waals surface area contributed by atoms with Gasteiger partial charge in [-0.3, -0.25) is 0 Å². The second-order valence-electron chi connectivity index (χ2n) is 9.36. The lowest BCUT2D eigenvalue weighted by Crippen LogP contribution is -2.52. The molecule has 2 aliphatic rings. The van der Waals surface area contributed by atoms with Gasteiger partial charge in [-0.15, -0.1) is 0 Å². The maximum Gasteiger partial charge on any atom is 0.228 e. The van der Waals surface area contributed by atoms with Crippen molar-refractivity contribution < 1.29 is 4.39 Å². The van der Waals surface area contributed by atoms with Crippen molar-refractivity contribution in [1.29, 1.82) is 0 Å². The molecule has 0 amide bonds. The Balaban J connectivity index is 1.49. The molecule has 2 saturated heterocycles. The second kappa shape index (κ2) is 9.37. The summed E-state index contributed by atoms with van der Waals surface area (Å²) in [7, 11) is 0. The Morgan fingerprint density at radius 3 is 2.56 bits per heavy atom. The molecule has 2 atom stereocenters. The van der Waals surface area contributed by atoms with Gasteiger partial charge in [0.2, 0.25) is 5.95 Å². The molecule has 178 valence electrons. The minimum Gasteiger partial charge on any atom is -0.352 e. The summed E-state index contributed by atoms with van der Waals surface area (Å²) in [4.78, 5) is 21.2. The molecule has 0 N–H and O–H groups in total. The summed E-state index contributed by atoms with van der Waals surface area (Å²) < 4.78 is 14.4. The third-order valence-electron chi connectivity index (χ3n) is 6.94. The van der Waals surface area contributed by atoms with Crippen molar-refractivity contribution >= 4 is 29.2 Å². The van der Waals surface area contributed by atoms with Crippen molar-refractivity contribution in [3.63, 3.8) is 0 Å². The molecule has 3 aromatic rings. The fourth-order valence-corrected chi connectivity index (χ4v) is 5.17. The molecule has 1 aromatic carbocycles. The highest BCUT2D eigenvalue weighted by Gasteiger charge is 2.29. The molecule has 6 nitrogen and oxygen atoms in total. The van der Waals surface area contributed by atoms with Crippen LogP contribution in [0.5, 0.6) is 0 Å². The van der Waals surface area contributed by atoms with E-state index in [2.05, 4.69) is 33.5 Å². The van der Waals surface area contributed by atoms with Crippen LogP contribution in [0.1, 0.15) is 32.3 Å². The van der Waals surface area contributed by atoms with Gasteiger partial charge in [0.25, 0.3) is 0 Å². The Bertz CT molecular complexity index is 1190. The lowest BCUT2D eigenvalue weighted by atomic mass is 10.1. The Labute approximate surface area is 205 Å². The summed E-state index contributed by atoms with van der Waals surface area (Å²) >= 11 is 6.40. The molecule has 2 aromatic heterocycles. The number of hydrogen-bond donors (Lipinski definition) is 0. The summed E-state index contributed by atoms with van der Waals surface area (Å²) in [5.41, 5.74) is 2.15. The zero-order valence-corrected chi connectivity index (χ0v) is 20.6. The molecule has 8 heteroatoms. The Morgan fingerprint density at radius 2 is 1.85 bits per heavy atom. The largest absolute Gasteiger partial charge is 0.352 e. The summed E-state index contributed by atoms with van der Waals surface area (Å²) in [6, 6.07) is 11.6. The minimum atomic E-state index is -0.219. The number of benzene rings is 1. The second-order valence-corrected chi connectivity index (χ2v) is 9.76. The van der Waals surface area contributed by atoms with E-state index in [0.29, 0.717) is 16.6 Å². The zero-order chi connectivity index (χ0) is 23.8. The zero-order valence-electron chi connectivity index (χ0n) is 19.9. The van der Waals surface area contributed by atoms with Crippen LogP contribution < -0.4 is 14.7 Å². The number of anilines is 3. The first-order valence-corrected chi connectivity index (χ1v) is 12.3. The van der Waals surface area contributed by atoms with E-state index in [4.69, 9.17) is 21.6 Å². The highest BCUT2D eigenvalue weighted by atomic mass is 35.5. The Hall–Kier alpha value is -2.93. The minimum absolute atomic E-state index is 0.188. The lowest BCUT2D eigenvalue weighted by molar-refractivity contribution is 0.542. The Morgan fingerprint density at radius 1 is 1.00 bits per heavy atom. The number of aromatic nitrogens is 3. The summed E-state index contributed by atoms with van der Waals surface area (Å²) in [5.74, 6) is 2.20. The van der Waals surface area contributed by atoms with Gasteiger partial charge in [-0.25, -0.2) is 14.4 Å². The standard InChI is InChI=1S/C26H30ClFN6/c1-17-8-9-20(14-22(17)28)23-15-24(31-26(30-23)34-11-5-6-18(34)2)33-13-12-32(16-19(33)3)25-21(27)7-4-10-29-25/h4,7-10,14-15,18-19H,5-6,11-13,16H2,1-3H3. The first kappa shape index (κ1) is 22.8. The van der Waals surface area contributed by atoms with Crippen LogP contribution >= 0.6 is 11.6 Å². The van der Waals surface area contributed by atoms with Crippen LogP contribution in [-0.2, 0) is 0 Å². The number of piperazine rings is 1.